The number of nitrogen functional groups attached to an aromatic ring is 1. The summed E-state index contributed by atoms with van der Waals surface area (Å²) in [7, 11) is 0. The number of aromatic nitrogens is 4. The van der Waals surface area contributed by atoms with E-state index in [2.05, 4.69) is 21.5 Å². The molecule has 8 nitrogen and oxygen atoms in total. The fourth-order valence-corrected chi connectivity index (χ4v) is 3.03. The van der Waals surface area contributed by atoms with Crippen molar-refractivity contribution in [3.63, 3.8) is 0 Å². The fraction of sp³-hybridized carbons (Fsp3) is 0.462. The summed E-state index contributed by atoms with van der Waals surface area (Å²) in [6.45, 7) is 3.52. The predicted molar refractivity (Wildman–Crippen MR) is 76.6 cm³/mol. The Labute approximate surface area is 120 Å². The number of nitrogens with one attached hydrogen (secondary N) is 1. The van der Waals surface area contributed by atoms with Crippen LogP contribution in [0.3, 0.4) is 0 Å². The van der Waals surface area contributed by atoms with Crippen molar-refractivity contribution in [1.29, 1.82) is 0 Å². The van der Waals surface area contributed by atoms with E-state index in [4.69, 9.17) is 5.73 Å². The van der Waals surface area contributed by atoms with Gasteiger partial charge in [-0.15, -0.1) is 6.58 Å². The maximum atomic E-state index is 11.8. The highest BCUT2D eigenvalue weighted by atomic mass is 16.3. The lowest BCUT2D eigenvalue weighted by atomic mass is 9.85. The highest BCUT2D eigenvalue weighted by Gasteiger charge is 2.45. The fourth-order valence-electron chi connectivity index (χ4n) is 3.03. The Hall–Kier alpha value is -2.19. The summed E-state index contributed by atoms with van der Waals surface area (Å²) < 4.78 is 1.73. The van der Waals surface area contributed by atoms with E-state index >= 15 is 0 Å². The molecular weight excluding hydrogens is 274 g/mol. The zero-order valence-electron chi connectivity index (χ0n) is 11.4. The molecule has 8 heteroatoms. The van der Waals surface area contributed by atoms with Crippen LogP contribution in [0, 0.1) is 5.41 Å². The number of anilines is 1. The summed E-state index contributed by atoms with van der Waals surface area (Å²) in [6.07, 6.45) is 3.31. The molecule has 3 rings (SSSR count). The van der Waals surface area contributed by atoms with Crippen molar-refractivity contribution in [3.8, 4) is 0 Å². The highest BCUT2D eigenvalue weighted by molar-refractivity contribution is 5.70. The molecule has 112 valence electrons. The van der Waals surface area contributed by atoms with Gasteiger partial charge in [-0.25, -0.2) is 4.98 Å². The Morgan fingerprint density at radius 2 is 2.43 bits per heavy atom. The quantitative estimate of drug-likeness (QED) is 0.567. The number of aromatic amines is 1. The molecule has 2 heterocycles. The highest BCUT2D eigenvalue weighted by Crippen LogP contribution is 2.45. The number of fused-ring (bicyclic) bond motifs is 1. The lowest BCUT2D eigenvalue weighted by Crippen LogP contribution is -2.31. The average Bonchev–Trinajstić information content (AvgIpc) is 3.00. The van der Waals surface area contributed by atoms with Crippen LogP contribution in [0.1, 0.15) is 18.9 Å². The number of nitrogens with two attached hydrogens (primary N) is 1. The molecule has 0 aliphatic heterocycles. The van der Waals surface area contributed by atoms with Gasteiger partial charge in [-0.2, -0.15) is 4.98 Å². The first-order valence-electron chi connectivity index (χ1n) is 6.65. The van der Waals surface area contributed by atoms with Crippen LogP contribution in [-0.2, 0) is 0 Å². The monoisotopic (exact) mass is 291 g/mol. The van der Waals surface area contributed by atoms with Crippen molar-refractivity contribution in [1.82, 2.24) is 19.5 Å². The molecule has 21 heavy (non-hydrogen) atoms. The third-order valence-corrected chi connectivity index (χ3v) is 4.32. The first kappa shape index (κ1) is 13.8. The number of nitrogens with zero attached hydrogens (tertiary/aromatic N) is 3. The van der Waals surface area contributed by atoms with Gasteiger partial charge in [-0.05, 0) is 12.8 Å². The molecule has 5 N–H and O–H groups in total. The molecule has 0 spiro atoms. The Kier molecular flexibility index (Phi) is 3.07. The van der Waals surface area contributed by atoms with Gasteiger partial charge in [0.2, 0.25) is 5.95 Å². The van der Waals surface area contributed by atoms with Crippen molar-refractivity contribution >= 4 is 17.1 Å². The van der Waals surface area contributed by atoms with Crippen LogP contribution >= 0.6 is 0 Å². The maximum absolute atomic E-state index is 11.8. The minimum absolute atomic E-state index is 0.0185. The van der Waals surface area contributed by atoms with Gasteiger partial charge >= 0.3 is 0 Å². The maximum Gasteiger partial charge on any atom is 0.280 e. The van der Waals surface area contributed by atoms with Gasteiger partial charge in [0.1, 0.15) is 0 Å². The second-order valence-corrected chi connectivity index (χ2v) is 5.48. The summed E-state index contributed by atoms with van der Waals surface area (Å²) in [6, 6.07) is -0.135. The van der Waals surface area contributed by atoms with Gasteiger partial charge in [0, 0.05) is 11.5 Å². The molecule has 1 aliphatic rings. The van der Waals surface area contributed by atoms with Crippen molar-refractivity contribution < 1.29 is 10.2 Å². The average molecular weight is 291 g/mol. The standard InChI is InChI=1S/C13H17N5O3/c1-2-13(5-19)4-7(3-8(13)20)18-6-15-9-10(18)16-12(14)17-11(9)21/h2,6-8,19-20H,1,3-5H2,(H3,14,16,17,21). The van der Waals surface area contributed by atoms with Gasteiger partial charge in [0.25, 0.3) is 5.56 Å². The number of hydrogen-bond donors (Lipinski definition) is 4. The largest absolute Gasteiger partial charge is 0.395 e. The van der Waals surface area contributed by atoms with E-state index in [0.717, 1.165) is 0 Å². The van der Waals surface area contributed by atoms with Crippen LogP contribution in [0.4, 0.5) is 5.95 Å². The van der Waals surface area contributed by atoms with E-state index in [1.165, 1.54) is 6.33 Å². The van der Waals surface area contributed by atoms with E-state index < -0.39 is 17.1 Å². The third-order valence-electron chi connectivity index (χ3n) is 4.32. The number of aliphatic hydroxyl groups excluding tert-OH is 2. The minimum atomic E-state index is -0.742. The topological polar surface area (TPSA) is 130 Å². The molecule has 2 aromatic heterocycles. The van der Waals surface area contributed by atoms with Gasteiger partial charge in [-0.3, -0.25) is 9.78 Å². The van der Waals surface area contributed by atoms with Crippen LogP contribution in [0.2, 0.25) is 0 Å². The van der Waals surface area contributed by atoms with Gasteiger partial charge in [0.05, 0.1) is 19.0 Å². The molecule has 0 amide bonds. The van der Waals surface area contributed by atoms with Crippen LogP contribution in [0.25, 0.3) is 11.2 Å². The summed E-state index contributed by atoms with van der Waals surface area (Å²) in [5.41, 5.74) is 5.02. The molecule has 0 bridgehead atoms. The predicted octanol–water partition coefficient (Wildman–Crippen LogP) is -0.438. The number of hydrogen-bond acceptors (Lipinski definition) is 6. The van der Waals surface area contributed by atoms with E-state index in [1.54, 1.807) is 10.6 Å². The number of aliphatic hydroxyl groups is 2. The summed E-state index contributed by atoms with van der Waals surface area (Å²) >= 11 is 0. The Bertz CT molecular complexity index is 752. The number of imidazole rings is 1. The molecular formula is C13H17N5O3. The molecule has 3 unspecified atom stereocenters. The molecule has 1 aliphatic carbocycles. The van der Waals surface area contributed by atoms with Gasteiger partial charge in [-0.1, -0.05) is 6.08 Å². The molecule has 2 aromatic rings. The summed E-state index contributed by atoms with van der Waals surface area (Å²) in [5.74, 6) is 0.0185. The first-order valence-corrected chi connectivity index (χ1v) is 6.65. The zero-order chi connectivity index (χ0) is 15.2. The van der Waals surface area contributed by atoms with Crippen LogP contribution in [0.15, 0.2) is 23.8 Å². The van der Waals surface area contributed by atoms with Gasteiger partial charge < -0.3 is 20.5 Å². The Morgan fingerprint density at radius 1 is 1.67 bits per heavy atom. The van der Waals surface area contributed by atoms with E-state index in [9.17, 15) is 15.0 Å². The van der Waals surface area contributed by atoms with Gasteiger partial charge in [0.15, 0.2) is 11.2 Å². The van der Waals surface area contributed by atoms with E-state index in [-0.39, 0.29) is 24.1 Å². The summed E-state index contributed by atoms with van der Waals surface area (Å²) in [4.78, 5) is 22.3. The normalized spacial score (nSPS) is 29.0. The third kappa shape index (κ3) is 1.95. The van der Waals surface area contributed by atoms with Crippen LogP contribution in [0.5, 0.6) is 0 Å². The van der Waals surface area contributed by atoms with Crippen LogP contribution < -0.4 is 11.3 Å². The van der Waals surface area contributed by atoms with Crippen molar-refractivity contribution in [3.05, 3.63) is 29.3 Å². The SMILES string of the molecule is C=CC1(CO)CC(n2cnc3c(=O)[nH]c(N)nc32)CC1O. The van der Waals surface area contributed by atoms with E-state index in [0.29, 0.717) is 18.5 Å². The number of H-pyrrole nitrogens is 1. The minimum Gasteiger partial charge on any atom is -0.395 e. The molecule has 0 radical (unpaired) electrons. The molecule has 3 atom stereocenters. The molecule has 0 saturated heterocycles. The van der Waals surface area contributed by atoms with Crippen molar-refractivity contribution in [2.24, 2.45) is 5.41 Å². The second-order valence-electron chi connectivity index (χ2n) is 5.48. The first-order chi connectivity index (χ1) is 10.0. The van der Waals surface area contributed by atoms with Crippen molar-refractivity contribution in [2.75, 3.05) is 12.3 Å². The Balaban J connectivity index is 2.07. The smallest absolute Gasteiger partial charge is 0.280 e. The summed E-state index contributed by atoms with van der Waals surface area (Å²) in [5, 5.41) is 19.8. The second kappa shape index (κ2) is 4.68. The molecule has 1 saturated carbocycles. The van der Waals surface area contributed by atoms with Crippen molar-refractivity contribution in [2.45, 2.75) is 25.0 Å². The Morgan fingerprint density at radius 3 is 3.05 bits per heavy atom. The molecule has 1 fully saturated rings. The number of rotatable bonds is 3. The van der Waals surface area contributed by atoms with Crippen LogP contribution in [-0.4, -0.2) is 42.4 Å². The zero-order valence-corrected chi connectivity index (χ0v) is 11.4. The van der Waals surface area contributed by atoms with E-state index in [1.807, 2.05) is 0 Å². The lowest BCUT2D eigenvalue weighted by molar-refractivity contribution is 0.0410. The molecule has 0 aromatic carbocycles. The lowest BCUT2D eigenvalue weighted by Gasteiger charge is -2.26.